The Labute approximate surface area is 153 Å². The summed E-state index contributed by atoms with van der Waals surface area (Å²) in [6.07, 6.45) is 7.52. The Hall–Kier alpha value is -0.570. The van der Waals surface area contributed by atoms with Crippen molar-refractivity contribution in [2.45, 2.75) is 65.4 Å². The molecule has 4 bridgehead atoms. The quantitative estimate of drug-likeness (QED) is 0.385. The molecule has 0 aliphatic heterocycles. The van der Waals surface area contributed by atoms with Gasteiger partial charge in [-0.2, -0.15) is 0 Å². The highest BCUT2D eigenvalue weighted by Crippen LogP contribution is 2.71. The maximum absolute atomic E-state index is 11.5. The highest BCUT2D eigenvalue weighted by molar-refractivity contribution is 5.66. The Morgan fingerprint density at radius 1 is 1.04 bits per heavy atom. The van der Waals surface area contributed by atoms with Crippen LogP contribution in [-0.2, 0) is 14.3 Å². The summed E-state index contributed by atoms with van der Waals surface area (Å²) in [5, 5.41) is 0. The summed E-state index contributed by atoms with van der Waals surface area (Å²) in [5.41, 5.74) is 0. The molecule has 0 radical (unpaired) electrons. The van der Waals surface area contributed by atoms with E-state index in [0.717, 1.165) is 79.1 Å². The molecule has 10 atom stereocenters. The van der Waals surface area contributed by atoms with Crippen molar-refractivity contribution in [3.05, 3.63) is 0 Å². The van der Waals surface area contributed by atoms with Crippen molar-refractivity contribution in [2.24, 2.45) is 53.3 Å². The van der Waals surface area contributed by atoms with Crippen LogP contribution in [0.3, 0.4) is 0 Å². The van der Waals surface area contributed by atoms with E-state index in [1.807, 2.05) is 0 Å². The van der Waals surface area contributed by atoms with Crippen molar-refractivity contribution < 1.29 is 14.3 Å². The predicted octanol–water partition coefficient (Wildman–Crippen LogP) is 4.55. The average molecular weight is 349 g/mol. The second kappa shape index (κ2) is 6.87. The van der Waals surface area contributed by atoms with Gasteiger partial charge in [-0.15, -0.1) is 0 Å². The van der Waals surface area contributed by atoms with Gasteiger partial charge in [-0.05, 0) is 91.8 Å². The van der Waals surface area contributed by atoms with Gasteiger partial charge in [0.2, 0.25) is 0 Å². The van der Waals surface area contributed by atoms with E-state index in [2.05, 4.69) is 13.8 Å². The zero-order valence-electron chi connectivity index (χ0n) is 16.4. The third-order valence-corrected chi connectivity index (χ3v) is 8.76. The van der Waals surface area contributed by atoms with Crippen LogP contribution in [0.4, 0.5) is 0 Å². The molecule has 0 aromatic rings. The minimum absolute atomic E-state index is 0.102. The summed E-state index contributed by atoms with van der Waals surface area (Å²) < 4.78 is 10.9. The van der Waals surface area contributed by atoms with Gasteiger partial charge in [0.25, 0.3) is 0 Å². The number of hydrogen-bond acceptors (Lipinski definition) is 3. The van der Waals surface area contributed by atoms with E-state index >= 15 is 0 Å². The van der Waals surface area contributed by atoms with Crippen LogP contribution in [0.5, 0.6) is 0 Å². The number of carbonyl (C=O) groups excluding carboxylic acids is 1. The number of fused-ring (bicyclic) bond motifs is 9. The standard InChI is InChI=1S/C22H36O3/c1-12-13(2)19-11-18(12)21-16-8-15(20(10-16)22(19)21)9-17(25-14(3)23)6-5-7-24-4/h12-13,15-22H,5-11H2,1-4H3. The lowest BCUT2D eigenvalue weighted by atomic mass is 9.61. The number of carbonyl (C=O) groups is 1. The van der Waals surface area contributed by atoms with Crippen molar-refractivity contribution >= 4 is 5.97 Å². The second-order valence-electron chi connectivity index (χ2n) is 9.69. The number of esters is 1. The van der Waals surface area contributed by atoms with Gasteiger partial charge in [0, 0.05) is 20.6 Å². The molecule has 4 aliphatic rings. The van der Waals surface area contributed by atoms with Gasteiger partial charge in [-0.3, -0.25) is 4.79 Å². The van der Waals surface area contributed by atoms with Gasteiger partial charge in [-0.1, -0.05) is 13.8 Å². The zero-order chi connectivity index (χ0) is 17.7. The highest BCUT2D eigenvalue weighted by Gasteiger charge is 2.65. The molecule has 0 saturated heterocycles. The van der Waals surface area contributed by atoms with E-state index in [9.17, 15) is 4.79 Å². The number of hydrogen-bond donors (Lipinski definition) is 0. The molecule has 4 fully saturated rings. The summed E-state index contributed by atoms with van der Waals surface area (Å²) in [4.78, 5) is 11.5. The summed E-state index contributed by atoms with van der Waals surface area (Å²) in [6, 6.07) is 0. The van der Waals surface area contributed by atoms with Gasteiger partial charge in [0.15, 0.2) is 0 Å². The maximum atomic E-state index is 11.5. The molecule has 25 heavy (non-hydrogen) atoms. The summed E-state index contributed by atoms with van der Waals surface area (Å²) >= 11 is 0. The van der Waals surface area contributed by atoms with Crippen LogP contribution in [0.15, 0.2) is 0 Å². The largest absolute Gasteiger partial charge is 0.463 e. The smallest absolute Gasteiger partial charge is 0.302 e. The zero-order valence-corrected chi connectivity index (χ0v) is 16.4. The molecule has 0 spiro atoms. The SMILES string of the molecule is COCCCC(CC1CC2CC1C1C3CC(C(C)C3C)C21)OC(C)=O. The predicted molar refractivity (Wildman–Crippen MR) is 97.9 cm³/mol. The van der Waals surface area contributed by atoms with Crippen molar-refractivity contribution in [3.8, 4) is 0 Å². The van der Waals surface area contributed by atoms with Crippen LogP contribution in [-0.4, -0.2) is 25.8 Å². The fourth-order valence-corrected chi connectivity index (χ4v) is 7.89. The van der Waals surface area contributed by atoms with Crippen LogP contribution in [0.25, 0.3) is 0 Å². The second-order valence-corrected chi connectivity index (χ2v) is 9.69. The molecule has 0 aromatic heterocycles. The first-order valence-electron chi connectivity index (χ1n) is 10.7. The van der Waals surface area contributed by atoms with Crippen molar-refractivity contribution in [2.75, 3.05) is 13.7 Å². The summed E-state index contributed by atoms with van der Waals surface area (Å²) in [7, 11) is 1.74. The minimum Gasteiger partial charge on any atom is -0.463 e. The van der Waals surface area contributed by atoms with E-state index in [1.54, 1.807) is 14.0 Å². The third-order valence-electron chi connectivity index (χ3n) is 8.76. The van der Waals surface area contributed by atoms with Crippen molar-refractivity contribution in [1.82, 2.24) is 0 Å². The van der Waals surface area contributed by atoms with E-state index < -0.39 is 0 Å². The fraction of sp³-hybridized carbons (Fsp3) is 0.955. The molecule has 10 unspecified atom stereocenters. The first-order chi connectivity index (χ1) is 12.0. The molecule has 3 nitrogen and oxygen atoms in total. The summed E-state index contributed by atoms with van der Waals surface area (Å²) in [6.45, 7) is 7.35. The maximum Gasteiger partial charge on any atom is 0.302 e. The molecule has 0 amide bonds. The molecule has 142 valence electrons. The molecule has 4 aliphatic carbocycles. The average Bonchev–Trinajstić information content (AvgIpc) is 3.27. The van der Waals surface area contributed by atoms with Crippen molar-refractivity contribution in [1.29, 1.82) is 0 Å². The van der Waals surface area contributed by atoms with E-state index in [-0.39, 0.29) is 12.1 Å². The molecule has 0 N–H and O–H groups in total. The van der Waals surface area contributed by atoms with Gasteiger partial charge in [0.05, 0.1) is 0 Å². The van der Waals surface area contributed by atoms with E-state index in [0.29, 0.717) is 0 Å². The molecule has 0 aromatic carbocycles. The Balaban J connectivity index is 1.40. The van der Waals surface area contributed by atoms with Gasteiger partial charge >= 0.3 is 5.97 Å². The Kier molecular flexibility index (Phi) is 4.90. The van der Waals surface area contributed by atoms with E-state index in [1.165, 1.54) is 19.3 Å². The Morgan fingerprint density at radius 2 is 1.76 bits per heavy atom. The Bertz CT molecular complexity index is 504. The molecule has 0 heterocycles. The fourth-order valence-electron chi connectivity index (χ4n) is 7.89. The molecular weight excluding hydrogens is 312 g/mol. The summed E-state index contributed by atoms with van der Waals surface area (Å²) in [5.74, 6) is 8.49. The van der Waals surface area contributed by atoms with Crippen molar-refractivity contribution in [3.63, 3.8) is 0 Å². The first kappa shape index (κ1) is 17.8. The highest BCUT2D eigenvalue weighted by atomic mass is 16.5. The first-order valence-corrected chi connectivity index (χ1v) is 10.7. The van der Waals surface area contributed by atoms with Crippen LogP contribution >= 0.6 is 0 Å². The molecular formula is C22H36O3. The van der Waals surface area contributed by atoms with Gasteiger partial charge in [0.1, 0.15) is 6.10 Å². The number of methoxy groups -OCH3 is 1. The monoisotopic (exact) mass is 348 g/mol. The van der Waals surface area contributed by atoms with Crippen LogP contribution in [0, 0.1) is 53.3 Å². The van der Waals surface area contributed by atoms with Gasteiger partial charge < -0.3 is 9.47 Å². The van der Waals surface area contributed by atoms with Crippen LogP contribution < -0.4 is 0 Å². The lowest BCUT2D eigenvalue weighted by Crippen LogP contribution is -2.39. The van der Waals surface area contributed by atoms with E-state index in [4.69, 9.17) is 9.47 Å². The normalized spacial score (nSPS) is 47.9. The topological polar surface area (TPSA) is 35.5 Å². The minimum atomic E-state index is -0.120. The lowest BCUT2D eigenvalue weighted by molar-refractivity contribution is -0.148. The molecule has 4 rings (SSSR count). The van der Waals surface area contributed by atoms with Gasteiger partial charge in [-0.25, -0.2) is 0 Å². The van der Waals surface area contributed by atoms with Crippen LogP contribution in [0.1, 0.15) is 59.3 Å². The number of rotatable bonds is 7. The lowest BCUT2D eigenvalue weighted by Gasteiger charge is -2.44. The third kappa shape index (κ3) is 2.95. The molecule has 3 heteroatoms. The number of ether oxygens (including phenoxy) is 2. The Morgan fingerprint density at radius 3 is 2.44 bits per heavy atom. The molecule has 4 saturated carbocycles. The van der Waals surface area contributed by atoms with Crippen LogP contribution in [0.2, 0.25) is 0 Å².